The minimum Gasteiger partial charge on any atom is -0.316 e. The highest BCUT2D eigenvalue weighted by Crippen LogP contribution is 2.43. The molecule has 2 fully saturated rings. The molecule has 0 saturated carbocycles. The van der Waals surface area contributed by atoms with Gasteiger partial charge in [0.15, 0.2) is 0 Å². The Kier molecular flexibility index (Phi) is 5.16. The highest BCUT2D eigenvalue weighted by molar-refractivity contribution is 5.35. The molecule has 24 heavy (non-hydrogen) atoms. The summed E-state index contributed by atoms with van der Waals surface area (Å²) >= 11 is 0. The first-order valence-corrected chi connectivity index (χ1v) is 8.67. The lowest BCUT2D eigenvalue weighted by atomic mass is 9.83. The quantitative estimate of drug-likeness (QED) is 0.835. The second-order valence-corrected chi connectivity index (χ2v) is 7.02. The van der Waals surface area contributed by atoms with E-state index in [0.29, 0.717) is 19.0 Å². The molecule has 1 unspecified atom stereocenters. The number of piperidine rings is 2. The molecule has 2 saturated heterocycles. The van der Waals surface area contributed by atoms with E-state index in [9.17, 15) is 13.2 Å². The number of hydrogen-bond donors (Lipinski definition) is 1. The van der Waals surface area contributed by atoms with E-state index in [2.05, 4.69) is 10.2 Å². The largest absolute Gasteiger partial charge is 0.416 e. The smallest absolute Gasteiger partial charge is 0.316 e. The lowest BCUT2D eigenvalue weighted by Crippen LogP contribution is -2.45. The molecule has 0 aromatic heterocycles. The molecular formula is C18H24F4N2. The van der Waals surface area contributed by atoms with E-state index in [1.165, 1.54) is 24.6 Å². The van der Waals surface area contributed by atoms with Crippen LogP contribution in [0.3, 0.4) is 0 Å². The summed E-state index contributed by atoms with van der Waals surface area (Å²) in [4.78, 5) is 2.20. The van der Waals surface area contributed by atoms with Gasteiger partial charge in [-0.3, -0.25) is 0 Å². The van der Waals surface area contributed by atoms with E-state index in [4.69, 9.17) is 0 Å². The summed E-state index contributed by atoms with van der Waals surface area (Å²) in [5.41, 5.74) is -2.91. The van der Waals surface area contributed by atoms with Gasteiger partial charge in [-0.25, -0.2) is 4.39 Å². The van der Waals surface area contributed by atoms with Crippen LogP contribution in [0.25, 0.3) is 0 Å². The molecule has 1 aromatic carbocycles. The molecule has 0 spiro atoms. The molecule has 2 nitrogen and oxygen atoms in total. The summed E-state index contributed by atoms with van der Waals surface area (Å²) in [6.45, 7) is 3.97. The van der Waals surface area contributed by atoms with Gasteiger partial charge in [-0.15, -0.1) is 0 Å². The van der Waals surface area contributed by atoms with E-state index in [-0.39, 0.29) is 18.4 Å². The monoisotopic (exact) mass is 344 g/mol. The molecule has 2 heterocycles. The number of benzene rings is 1. The Balaban J connectivity index is 1.66. The van der Waals surface area contributed by atoms with Crippen LogP contribution in [-0.4, -0.2) is 37.6 Å². The van der Waals surface area contributed by atoms with Gasteiger partial charge in [-0.05, 0) is 50.8 Å². The van der Waals surface area contributed by atoms with Gasteiger partial charge < -0.3 is 10.2 Å². The topological polar surface area (TPSA) is 15.3 Å². The predicted octanol–water partition coefficient (Wildman–Crippen LogP) is 3.97. The van der Waals surface area contributed by atoms with Crippen molar-refractivity contribution in [2.24, 2.45) is 5.92 Å². The van der Waals surface area contributed by atoms with Gasteiger partial charge in [-0.2, -0.15) is 13.2 Å². The van der Waals surface area contributed by atoms with E-state index < -0.39 is 17.4 Å². The highest BCUT2D eigenvalue weighted by atomic mass is 19.4. The van der Waals surface area contributed by atoms with Crippen LogP contribution in [0.5, 0.6) is 0 Å². The summed E-state index contributed by atoms with van der Waals surface area (Å²) in [6.07, 6.45) is -1.94. The molecule has 6 heteroatoms. The van der Waals surface area contributed by atoms with Gasteiger partial charge in [0.1, 0.15) is 5.67 Å². The van der Waals surface area contributed by atoms with Crippen molar-refractivity contribution in [3.05, 3.63) is 35.4 Å². The Bertz CT molecular complexity index is 544. The molecule has 134 valence electrons. The minimum absolute atomic E-state index is 0.125. The van der Waals surface area contributed by atoms with Crippen LogP contribution in [0.4, 0.5) is 17.6 Å². The van der Waals surface area contributed by atoms with Crippen LogP contribution in [0, 0.1) is 5.92 Å². The van der Waals surface area contributed by atoms with Gasteiger partial charge in [-0.1, -0.05) is 18.2 Å². The first-order chi connectivity index (χ1) is 11.4. The summed E-state index contributed by atoms with van der Waals surface area (Å²) in [7, 11) is 0. The Morgan fingerprint density at radius 2 is 1.88 bits per heavy atom. The minimum atomic E-state index is -4.51. The van der Waals surface area contributed by atoms with Crippen LogP contribution in [0.15, 0.2) is 24.3 Å². The zero-order valence-electron chi connectivity index (χ0n) is 13.7. The summed E-state index contributed by atoms with van der Waals surface area (Å²) < 4.78 is 54.8. The van der Waals surface area contributed by atoms with Crippen LogP contribution < -0.4 is 5.32 Å². The average molecular weight is 344 g/mol. The Labute approximate surface area is 140 Å². The second-order valence-electron chi connectivity index (χ2n) is 7.02. The maximum atomic E-state index is 15.3. The lowest BCUT2D eigenvalue weighted by molar-refractivity contribution is -0.140. The van der Waals surface area contributed by atoms with E-state index >= 15 is 4.39 Å². The van der Waals surface area contributed by atoms with Gasteiger partial charge in [0, 0.05) is 25.2 Å². The number of likely N-dealkylation sites (tertiary alicyclic amines) is 1. The number of halogens is 4. The van der Waals surface area contributed by atoms with Crippen molar-refractivity contribution < 1.29 is 17.6 Å². The molecule has 2 aliphatic rings. The SMILES string of the molecule is FC(F)(F)c1ccccc1C1(F)CCN(CC2CCCNC2)CC1. The fraction of sp³-hybridized carbons (Fsp3) is 0.667. The zero-order chi connectivity index (χ0) is 17.2. The molecule has 1 aromatic rings. The highest BCUT2D eigenvalue weighted by Gasteiger charge is 2.43. The first-order valence-electron chi connectivity index (χ1n) is 8.67. The zero-order valence-corrected chi connectivity index (χ0v) is 13.7. The molecule has 1 N–H and O–H groups in total. The van der Waals surface area contributed by atoms with Gasteiger partial charge >= 0.3 is 6.18 Å². The van der Waals surface area contributed by atoms with Crippen molar-refractivity contribution in [3.63, 3.8) is 0 Å². The van der Waals surface area contributed by atoms with Crippen LogP contribution in [-0.2, 0) is 11.8 Å². The molecule has 0 amide bonds. The van der Waals surface area contributed by atoms with Crippen molar-refractivity contribution in [1.29, 1.82) is 0 Å². The lowest BCUT2D eigenvalue weighted by Gasteiger charge is -2.39. The van der Waals surface area contributed by atoms with Crippen LogP contribution >= 0.6 is 0 Å². The number of hydrogen-bond acceptors (Lipinski definition) is 2. The van der Waals surface area contributed by atoms with Crippen molar-refractivity contribution in [1.82, 2.24) is 10.2 Å². The van der Waals surface area contributed by atoms with Crippen molar-refractivity contribution >= 4 is 0 Å². The number of rotatable bonds is 3. The molecule has 3 rings (SSSR count). The number of nitrogens with zero attached hydrogens (tertiary/aromatic N) is 1. The molecule has 0 aliphatic carbocycles. The van der Waals surface area contributed by atoms with Gasteiger partial charge in [0.25, 0.3) is 0 Å². The molecule has 1 atom stereocenters. The Morgan fingerprint density at radius 3 is 2.50 bits per heavy atom. The second kappa shape index (κ2) is 7.00. The number of nitrogens with one attached hydrogen (secondary N) is 1. The van der Waals surface area contributed by atoms with E-state index in [1.54, 1.807) is 0 Å². The summed E-state index contributed by atoms with van der Waals surface area (Å²) in [5.74, 6) is 0.563. The average Bonchev–Trinajstić information content (AvgIpc) is 2.57. The molecule has 0 bridgehead atoms. The summed E-state index contributed by atoms with van der Waals surface area (Å²) in [5, 5.41) is 3.36. The van der Waals surface area contributed by atoms with E-state index in [1.807, 2.05) is 0 Å². The third-order valence-corrected chi connectivity index (χ3v) is 5.28. The molecule has 0 radical (unpaired) electrons. The third kappa shape index (κ3) is 3.91. The van der Waals surface area contributed by atoms with Crippen molar-refractivity contribution in [3.8, 4) is 0 Å². The van der Waals surface area contributed by atoms with E-state index in [0.717, 1.165) is 32.1 Å². The summed E-state index contributed by atoms with van der Waals surface area (Å²) in [6, 6.07) is 5.09. The molecular weight excluding hydrogens is 320 g/mol. The maximum Gasteiger partial charge on any atom is 0.416 e. The predicted molar refractivity (Wildman–Crippen MR) is 85.5 cm³/mol. The Hall–Kier alpha value is -1.14. The van der Waals surface area contributed by atoms with Crippen LogP contribution in [0.1, 0.15) is 36.8 Å². The normalized spacial score (nSPS) is 25.6. The first kappa shape index (κ1) is 17.7. The van der Waals surface area contributed by atoms with Crippen molar-refractivity contribution in [2.75, 3.05) is 32.7 Å². The number of alkyl halides is 4. The fourth-order valence-corrected chi connectivity index (χ4v) is 3.93. The third-order valence-electron chi connectivity index (χ3n) is 5.28. The Morgan fingerprint density at radius 1 is 1.17 bits per heavy atom. The van der Waals surface area contributed by atoms with Crippen LogP contribution in [0.2, 0.25) is 0 Å². The van der Waals surface area contributed by atoms with Gasteiger partial charge in [0.05, 0.1) is 5.56 Å². The van der Waals surface area contributed by atoms with Gasteiger partial charge in [0.2, 0.25) is 0 Å². The standard InChI is InChI=1S/C18H24F4N2/c19-17(15-5-1-2-6-16(15)18(20,21)22)7-10-24(11-8-17)13-14-4-3-9-23-12-14/h1-2,5-6,14,23H,3-4,7-13H2. The molecule has 2 aliphatic heterocycles. The van der Waals surface area contributed by atoms with Crippen molar-refractivity contribution in [2.45, 2.75) is 37.5 Å². The fourth-order valence-electron chi connectivity index (χ4n) is 3.93. The maximum absolute atomic E-state index is 15.3.